The van der Waals surface area contributed by atoms with Crippen LogP contribution < -0.4 is 0 Å². The van der Waals surface area contributed by atoms with Gasteiger partial charge < -0.3 is 15.0 Å². The minimum Gasteiger partial charge on any atom is -0.480 e. The van der Waals surface area contributed by atoms with Crippen LogP contribution in [0.3, 0.4) is 0 Å². The molecular weight excluding hydrogens is 270 g/mol. The summed E-state index contributed by atoms with van der Waals surface area (Å²) in [6, 6.07) is 8.47. The Morgan fingerprint density at radius 3 is 2.81 bits per heavy atom. The first-order valence-corrected chi connectivity index (χ1v) is 6.72. The molecule has 0 saturated heterocycles. The summed E-state index contributed by atoms with van der Waals surface area (Å²) in [5, 5.41) is 9.35. The Kier molecular flexibility index (Phi) is 3.43. The molecule has 0 aliphatic carbocycles. The van der Waals surface area contributed by atoms with E-state index in [0.29, 0.717) is 0 Å². The van der Waals surface area contributed by atoms with E-state index in [1.807, 2.05) is 30.3 Å². The van der Waals surface area contributed by atoms with E-state index in [0.717, 1.165) is 17.0 Å². The van der Waals surface area contributed by atoms with Crippen molar-refractivity contribution >= 4 is 11.9 Å². The topological polar surface area (TPSA) is 86.3 Å². The number of nitrogens with zero attached hydrogens (tertiary/aromatic N) is 2. The Morgan fingerprint density at radius 2 is 2.10 bits per heavy atom. The molecule has 1 aromatic carbocycles. The molecule has 1 atom stereocenters. The van der Waals surface area contributed by atoms with Crippen molar-refractivity contribution in [1.82, 2.24) is 14.9 Å². The van der Waals surface area contributed by atoms with Crippen LogP contribution in [0, 0.1) is 0 Å². The number of H-pyrrole nitrogens is 1. The van der Waals surface area contributed by atoms with E-state index in [1.165, 1.54) is 11.2 Å². The summed E-state index contributed by atoms with van der Waals surface area (Å²) in [5.41, 5.74) is 2.42. The van der Waals surface area contributed by atoms with Crippen molar-refractivity contribution in [2.45, 2.75) is 25.4 Å². The van der Waals surface area contributed by atoms with Gasteiger partial charge in [0.25, 0.3) is 0 Å². The molecule has 2 heterocycles. The maximum atomic E-state index is 12.4. The number of hydrogen-bond donors (Lipinski definition) is 2. The first kappa shape index (κ1) is 13.4. The van der Waals surface area contributed by atoms with Crippen LogP contribution in [0.1, 0.15) is 17.0 Å². The molecule has 0 fully saturated rings. The zero-order chi connectivity index (χ0) is 14.8. The normalized spacial score (nSPS) is 17.3. The number of fused-ring (bicyclic) bond motifs is 1. The van der Waals surface area contributed by atoms with Crippen molar-refractivity contribution in [1.29, 1.82) is 0 Å². The van der Waals surface area contributed by atoms with E-state index >= 15 is 0 Å². The minimum absolute atomic E-state index is 0.186. The second kappa shape index (κ2) is 5.40. The first-order valence-electron chi connectivity index (χ1n) is 6.72. The number of rotatable bonds is 3. The van der Waals surface area contributed by atoms with Gasteiger partial charge in [0.2, 0.25) is 5.91 Å². The molecule has 0 radical (unpaired) electrons. The molecule has 108 valence electrons. The van der Waals surface area contributed by atoms with Gasteiger partial charge >= 0.3 is 5.97 Å². The lowest BCUT2D eigenvalue weighted by molar-refractivity contribution is -0.151. The molecule has 2 aromatic rings. The van der Waals surface area contributed by atoms with Gasteiger partial charge in [-0.2, -0.15) is 0 Å². The monoisotopic (exact) mass is 285 g/mol. The summed E-state index contributed by atoms with van der Waals surface area (Å²) in [4.78, 5) is 32.4. The Morgan fingerprint density at radius 1 is 1.33 bits per heavy atom. The summed E-state index contributed by atoms with van der Waals surface area (Å²) in [5.74, 6) is -1.18. The third-order valence-electron chi connectivity index (χ3n) is 3.70. The highest BCUT2D eigenvalue weighted by Crippen LogP contribution is 2.21. The first-order chi connectivity index (χ1) is 10.1. The number of hydrogen-bond acceptors (Lipinski definition) is 3. The van der Waals surface area contributed by atoms with Gasteiger partial charge in [-0.1, -0.05) is 30.3 Å². The van der Waals surface area contributed by atoms with Gasteiger partial charge in [-0.25, -0.2) is 9.78 Å². The number of benzene rings is 1. The van der Waals surface area contributed by atoms with Crippen LogP contribution in [0.5, 0.6) is 0 Å². The van der Waals surface area contributed by atoms with Gasteiger partial charge in [0.05, 0.1) is 30.7 Å². The predicted molar refractivity (Wildman–Crippen MR) is 74.4 cm³/mol. The number of aromatic amines is 1. The lowest BCUT2D eigenvalue weighted by atomic mass is 10.0. The molecule has 0 spiro atoms. The lowest BCUT2D eigenvalue weighted by Gasteiger charge is -2.32. The fourth-order valence-corrected chi connectivity index (χ4v) is 2.59. The maximum absolute atomic E-state index is 12.4. The van der Waals surface area contributed by atoms with Crippen LogP contribution in [0.2, 0.25) is 0 Å². The number of aromatic nitrogens is 2. The van der Waals surface area contributed by atoms with E-state index in [-0.39, 0.29) is 25.3 Å². The maximum Gasteiger partial charge on any atom is 0.326 e. The highest BCUT2D eigenvalue weighted by Gasteiger charge is 2.35. The summed E-state index contributed by atoms with van der Waals surface area (Å²) < 4.78 is 0. The van der Waals surface area contributed by atoms with Gasteiger partial charge in [-0.3, -0.25) is 4.79 Å². The second-order valence-electron chi connectivity index (χ2n) is 5.07. The Labute approximate surface area is 121 Å². The number of carboxylic acids is 1. The lowest BCUT2D eigenvalue weighted by Crippen LogP contribution is -2.49. The average molecular weight is 285 g/mol. The smallest absolute Gasteiger partial charge is 0.326 e. The van der Waals surface area contributed by atoms with E-state index < -0.39 is 12.0 Å². The van der Waals surface area contributed by atoms with Gasteiger partial charge in [0.15, 0.2) is 0 Å². The number of aliphatic carboxylic acids is 1. The average Bonchev–Trinajstić information content (AvgIpc) is 2.94. The van der Waals surface area contributed by atoms with Crippen molar-refractivity contribution in [2.24, 2.45) is 0 Å². The molecule has 1 aromatic heterocycles. The standard InChI is InChI=1S/C15H15N3O3/c19-14(6-10-4-2-1-3-5-10)18-8-12-11(16-9-17-12)7-13(18)15(20)21/h1-5,9,13H,6-8H2,(H,16,17)(H,20,21). The number of amides is 1. The summed E-state index contributed by atoms with van der Waals surface area (Å²) in [6.45, 7) is 0.262. The number of carbonyl (C=O) groups is 2. The fourth-order valence-electron chi connectivity index (χ4n) is 2.59. The SMILES string of the molecule is O=C(O)C1Cc2nc[nH]c2CN1C(=O)Cc1ccccc1. The predicted octanol–water partition coefficient (Wildman–Crippen LogP) is 0.990. The molecule has 21 heavy (non-hydrogen) atoms. The van der Waals surface area contributed by atoms with Gasteiger partial charge in [-0.05, 0) is 5.56 Å². The molecule has 6 heteroatoms. The summed E-state index contributed by atoms with van der Waals surface area (Å²) in [6.07, 6.45) is 1.98. The fraction of sp³-hybridized carbons (Fsp3) is 0.267. The molecule has 1 unspecified atom stereocenters. The molecule has 1 amide bonds. The Bertz CT molecular complexity index is 666. The van der Waals surface area contributed by atoms with Gasteiger partial charge in [0, 0.05) is 6.42 Å². The second-order valence-corrected chi connectivity index (χ2v) is 5.07. The van der Waals surface area contributed by atoms with Gasteiger partial charge in [0.1, 0.15) is 6.04 Å². The highest BCUT2D eigenvalue weighted by molar-refractivity contribution is 5.85. The highest BCUT2D eigenvalue weighted by atomic mass is 16.4. The molecule has 0 saturated carbocycles. The summed E-state index contributed by atoms with van der Waals surface area (Å²) >= 11 is 0. The molecule has 1 aliphatic rings. The van der Waals surface area contributed by atoms with Crippen molar-refractivity contribution < 1.29 is 14.7 Å². The Balaban J connectivity index is 1.82. The van der Waals surface area contributed by atoms with E-state index in [1.54, 1.807) is 0 Å². The van der Waals surface area contributed by atoms with Crippen LogP contribution in [0.15, 0.2) is 36.7 Å². The third-order valence-corrected chi connectivity index (χ3v) is 3.70. The van der Waals surface area contributed by atoms with Crippen LogP contribution in [0.25, 0.3) is 0 Å². The Hall–Kier alpha value is -2.63. The van der Waals surface area contributed by atoms with E-state index in [2.05, 4.69) is 9.97 Å². The largest absolute Gasteiger partial charge is 0.480 e. The van der Waals surface area contributed by atoms with Gasteiger partial charge in [-0.15, -0.1) is 0 Å². The summed E-state index contributed by atoms with van der Waals surface area (Å²) in [7, 11) is 0. The molecule has 3 rings (SSSR count). The number of carbonyl (C=O) groups excluding carboxylic acids is 1. The van der Waals surface area contributed by atoms with Crippen LogP contribution >= 0.6 is 0 Å². The number of carboxylic acid groups (broad SMARTS) is 1. The van der Waals surface area contributed by atoms with Crippen LogP contribution in [-0.2, 0) is 29.0 Å². The van der Waals surface area contributed by atoms with E-state index in [4.69, 9.17) is 0 Å². The molecule has 1 aliphatic heterocycles. The van der Waals surface area contributed by atoms with Crippen molar-refractivity contribution in [3.8, 4) is 0 Å². The zero-order valence-corrected chi connectivity index (χ0v) is 11.3. The quantitative estimate of drug-likeness (QED) is 0.880. The zero-order valence-electron chi connectivity index (χ0n) is 11.3. The van der Waals surface area contributed by atoms with Crippen LogP contribution in [0.4, 0.5) is 0 Å². The molecule has 2 N–H and O–H groups in total. The van der Waals surface area contributed by atoms with Crippen molar-refractivity contribution in [3.63, 3.8) is 0 Å². The third kappa shape index (κ3) is 2.65. The molecule has 6 nitrogen and oxygen atoms in total. The minimum atomic E-state index is -0.995. The van der Waals surface area contributed by atoms with Crippen molar-refractivity contribution in [3.05, 3.63) is 53.6 Å². The van der Waals surface area contributed by atoms with Crippen molar-refractivity contribution in [2.75, 3.05) is 0 Å². The molecule has 0 bridgehead atoms. The number of nitrogens with one attached hydrogen (secondary N) is 1. The molecular formula is C15H15N3O3. The number of imidazole rings is 1. The van der Waals surface area contributed by atoms with Crippen LogP contribution in [-0.4, -0.2) is 37.9 Å². The van der Waals surface area contributed by atoms with E-state index in [9.17, 15) is 14.7 Å².